The van der Waals surface area contributed by atoms with Gasteiger partial charge in [0.1, 0.15) is 11.6 Å². The zero-order valence-electron chi connectivity index (χ0n) is 23.1. The number of carbonyl (C=O) groups is 1. The Hall–Kier alpha value is -3.82. The third-order valence-corrected chi connectivity index (χ3v) is 7.91. The van der Waals surface area contributed by atoms with Crippen molar-refractivity contribution in [3.05, 3.63) is 87.3 Å². The number of carbonyl (C=O) groups excluding carboxylic acids is 1. The van der Waals surface area contributed by atoms with Crippen LogP contribution in [0.4, 0.5) is 10.2 Å². The fourth-order valence-electron chi connectivity index (χ4n) is 5.30. The molecule has 0 spiro atoms. The van der Waals surface area contributed by atoms with E-state index in [2.05, 4.69) is 16.5 Å². The van der Waals surface area contributed by atoms with Gasteiger partial charge < -0.3 is 9.80 Å². The molecule has 3 aromatic heterocycles. The minimum absolute atomic E-state index is 0.0833. The average molecular weight is 596 g/mol. The maximum Gasteiger partial charge on any atom is 0.355 e. The Kier molecular flexibility index (Phi) is 7.85. The second-order valence-electron chi connectivity index (χ2n) is 10.4. The zero-order chi connectivity index (χ0) is 29.6. The number of piperazine rings is 1. The molecule has 0 N–H and O–H groups in total. The van der Waals surface area contributed by atoms with Gasteiger partial charge >= 0.3 is 5.69 Å². The van der Waals surface area contributed by atoms with E-state index in [1.807, 2.05) is 32.6 Å². The first-order valence-corrected chi connectivity index (χ1v) is 14.0. The topological polar surface area (TPSA) is 84.2 Å². The molecule has 1 aliphatic rings. The summed E-state index contributed by atoms with van der Waals surface area (Å²) in [4.78, 5) is 43.9. The van der Waals surface area contributed by atoms with Crippen LogP contribution in [0.1, 0.15) is 39.3 Å². The van der Waals surface area contributed by atoms with Crippen molar-refractivity contribution in [2.24, 2.45) is 0 Å². The lowest BCUT2D eigenvalue weighted by atomic mass is 10.1. The summed E-state index contributed by atoms with van der Waals surface area (Å²) in [6.07, 6.45) is 2.88. The van der Waals surface area contributed by atoms with Gasteiger partial charge in [0.05, 0.1) is 32.5 Å². The van der Waals surface area contributed by atoms with Crippen molar-refractivity contribution in [2.75, 3.05) is 18.0 Å². The summed E-state index contributed by atoms with van der Waals surface area (Å²) in [5.74, 6) is -0.382. The molecule has 11 heteroatoms. The summed E-state index contributed by atoms with van der Waals surface area (Å²) in [7, 11) is 0. The summed E-state index contributed by atoms with van der Waals surface area (Å²) < 4.78 is 16.3. The minimum Gasteiger partial charge on any atom is -0.349 e. The molecular formula is C30H29Cl2FN6O2. The van der Waals surface area contributed by atoms with Crippen LogP contribution in [0.25, 0.3) is 28.0 Å². The van der Waals surface area contributed by atoms with Crippen LogP contribution >= 0.6 is 23.2 Å². The predicted octanol–water partition coefficient (Wildman–Crippen LogP) is 6.02. The van der Waals surface area contributed by atoms with Crippen molar-refractivity contribution in [2.45, 2.75) is 45.7 Å². The Bertz CT molecular complexity index is 1740. The van der Waals surface area contributed by atoms with Crippen molar-refractivity contribution in [3.63, 3.8) is 0 Å². The summed E-state index contributed by atoms with van der Waals surface area (Å²) in [5, 5.41) is 0.967. The van der Waals surface area contributed by atoms with Gasteiger partial charge in [-0.2, -0.15) is 4.98 Å². The zero-order valence-corrected chi connectivity index (χ0v) is 24.6. The molecule has 1 aliphatic heterocycles. The molecule has 8 nitrogen and oxygen atoms in total. The van der Waals surface area contributed by atoms with Crippen LogP contribution in [0, 0.1) is 5.82 Å². The summed E-state index contributed by atoms with van der Waals surface area (Å²) in [6.45, 7) is 12.2. The van der Waals surface area contributed by atoms with Crippen molar-refractivity contribution in [3.8, 4) is 16.9 Å². The van der Waals surface area contributed by atoms with E-state index in [9.17, 15) is 14.0 Å². The molecule has 4 aromatic rings. The Morgan fingerprint density at radius 1 is 1.10 bits per heavy atom. The van der Waals surface area contributed by atoms with Gasteiger partial charge in [0.2, 0.25) is 5.91 Å². The number of pyridine rings is 2. The number of nitrogens with zero attached hydrogens (tertiary/aromatic N) is 6. The standard InChI is InChI=1S/C30H29Cl2FN6O2/c1-6-24(40)37-14-18(5)38(15-17(37)4)28-20-13-22(32)26(19-9-7-8-10-23(19)33)35-29(20)39(30(41)36-28)27-21(31)11-12-34-25(27)16(2)3/h6-13,16-18H,1,14-15H2,2-5H3/t17-,18+/m1/s1. The van der Waals surface area contributed by atoms with Crippen molar-refractivity contribution >= 4 is 46.0 Å². The van der Waals surface area contributed by atoms with E-state index in [4.69, 9.17) is 28.2 Å². The highest BCUT2D eigenvalue weighted by atomic mass is 35.5. The normalized spacial score (nSPS) is 17.4. The SMILES string of the molecule is C=CC(=O)N1C[C@H](C)N(c2nc(=O)n(-c3c(Cl)ccnc3C(C)C)c3nc(-c4ccccc4F)c(Cl)cc23)C[C@H]1C. The van der Waals surface area contributed by atoms with E-state index >= 15 is 0 Å². The van der Waals surface area contributed by atoms with Crippen molar-refractivity contribution < 1.29 is 9.18 Å². The lowest BCUT2D eigenvalue weighted by molar-refractivity contribution is -0.128. The first-order valence-electron chi connectivity index (χ1n) is 13.3. The molecule has 2 atom stereocenters. The van der Waals surface area contributed by atoms with E-state index in [-0.39, 0.29) is 45.8 Å². The van der Waals surface area contributed by atoms with Crippen LogP contribution in [0.2, 0.25) is 10.0 Å². The van der Waals surface area contributed by atoms with Crippen LogP contribution in [-0.2, 0) is 4.79 Å². The molecule has 1 amide bonds. The number of rotatable bonds is 5. The van der Waals surface area contributed by atoms with Gasteiger partial charge in [-0.15, -0.1) is 0 Å². The third kappa shape index (κ3) is 5.08. The molecule has 41 heavy (non-hydrogen) atoms. The molecular weight excluding hydrogens is 566 g/mol. The average Bonchev–Trinajstić information content (AvgIpc) is 2.94. The third-order valence-electron chi connectivity index (χ3n) is 7.32. The highest BCUT2D eigenvalue weighted by Gasteiger charge is 2.34. The van der Waals surface area contributed by atoms with Gasteiger partial charge in [0.25, 0.3) is 0 Å². The van der Waals surface area contributed by atoms with E-state index in [1.165, 1.54) is 16.7 Å². The summed E-state index contributed by atoms with van der Waals surface area (Å²) in [6, 6.07) is 9.05. The van der Waals surface area contributed by atoms with Crippen LogP contribution in [0.15, 0.2) is 60.0 Å². The first kappa shape index (κ1) is 28.7. The molecule has 0 bridgehead atoms. The monoisotopic (exact) mass is 594 g/mol. The molecule has 1 saturated heterocycles. The van der Waals surface area contributed by atoms with Gasteiger partial charge in [0, 0.05) is 36.9 Å². The maximum absolute atomic E-state index is 14.9. The Balaban J connectivity index is 1.83. The molecule has 4 heterocycles. The number of anilines is 1. The highest BCUT2D eigenvalue weighted by molar-refractivity contribution is 6.34. The lowest BCUT2D eigenvalue weighted by Gasteiger charge is -2.44. The Morgan fingerprint density at radius 2 is 1.83 bits per heavy atom. The maximum atomic E-state index is 14.9. The van der Waals surface area contributed by atoms with E-state index < -0.39 is 11.5 Å². The number of benzene rings is 1. The number of hydrogen-bond donors (Lipinski definition) is 0. The number of hydrogen-bond acceptors (Lipinski definition) is 6. The smallest absolute Gasteiger partial charge is 0.349 e. The quantitative estimate of drug-likeness (QED) is 0.262. The molecule has 1 fully saturated rings. The number of aromatic nitrogens is 4. The second kappa shape index (κ2) is 11.2. The van der Waals surface area contributed by atoms with Crippen molar-refractivity contribution in [1.29, 1.82) is 0 Å². The Labute approximate surface area is 247 Å². The largest absolute Gasteiger partial charge is 0.355 e. The first-order chi connectivity index (χ1) is 19.5. The fourth-order valence-corrected chi connectivity index (χ4v) is 5.79. The van der Waals surface area contributed by atoms with Crippen LogP contribution in [0.5, 0.6) is 0 Å². The minimum atomic E-state index is -0.622. The summed E-state index contributed by atoms with van der Waals surface area (Å²) in [5.41, 5.74) is 0.897. The molecule has 0 radical (unpaired) electrons. The Morgan fingerprint density at radius 3 is 2.51 bits per heavy atom. The highest BCUT2D eigenvalue weighted by Crippen LogP contribution is 2.37. The molecule has 1 aromatic carbocycles. The molecule has 0 aliphatic carbocycles. The molecule has 0 unspecified atom stereocenters. The van der Waals surface area contributed by atoms with E-state index in [0.29, 0.717) is 40.7 Å². The number of amides is 1. The van der Waals surface area contributed by atoms with E-state index in [1.54, 1.807) is 41.4 Å². The van der Waals surface area contributed by atoms with Crippen LogP contribution in [0.3, 0.4) is 0 Å². The fraction of sp³-hybridized carbons (Fsp3) is 0.300. The number of halogens is 3. The summed E-state index contributed by atoms with van der Waals surface area (Å²) >= 11 is 13.4. The molecule has 0 saturated carbocycles. The number of fused-ring (bicyclic) bond motifs is 1. The van der Waals surface area contributed by atoms with Gasteiger partial charge in [-0.3, -0.25) is 9.78 Å². The second-order valence-corrected chi connectivity index (χ2v) is 11.3. The van der Waals surface area contributed by atoms with Gasteiger partial charge in [0.15, 0.2) is 5.65 Å². The van der Waals surface area contributed by atoms with Crippen LogP contribution < -0.4 is 10.6 Å². The predicted molar refractivity (Wildman–Crippen MR) is 161 cm³/mol. The van der Waals surface area contributed by atoms with Crippen molar-refractivity contribution in [1.82, 2.24) is 24.4 Å². The van der Waals surface area contributed by atoms with Gasteiger partial charge in [-0.25, -0.2) is 18.7 Å². The van der Waals surface area contributed by atoms with Crippen LogP contribution in [-0.4, -0.2) is 55.5 Å². The van der Waals surface area contributed by atoms with Gasteiger partial charge in [-0.1, -0.05) is 55.8 Å². The van der Waals surface area contributed by atoms with E-state index in [0.717, 1.165) is 0 Å². The lowest BCUT2D eigenvalue weighted by Crippen LogP contribution is -2.58. The molecule has 212 valence electrons. The molecule has 5 rings (SSSR count). The van der Waals surface area contributed by atoms with Gasteiger partial charge in [-0.05, 0) is 50.1 Å².